The molecule has 1 aromatic carbocycles. The summed E-state index contributed by atoms with van der Waals surface area (Å²) in [6.45, 7) is 0. The second kappa shape index (κ2) is 4.23. The first-order valence-corrected chi connectivity index (χ1v) is 6.76. The molecule has 1 aliphatic heterocycles. The summed E-state index contributed by atoms with van der Waals surface area (Å²) in [5, 5.41) is 0. The van der Waals surface area contributed by atoms with Crippen LogP contribution in [0.4, 0.5) is 4.39 Å². The molecule has 86 valence electrons. The number of nitrogens with one attached hydrogen (secondary N) is 1. The Morgan fingerprint density at radius 2 is 2.24 bits per heavy atom. The van der Waals surface area contributed by atoms with E-state index in [1.807, 2.05) is 17.8 Å². The molecule has 2 heterocycles. The van der Waals surface area contributed by atoms with E-state index in [2.05, 4.69) is 9.97 Å². The zero-order valence-corrected chi connectivity index (χ0v) is 10.5. The minimum Gasteiger partial charge on any atom is -0.342 e. The first-order chi connectivity index (χ1) is 8.24. The van der Waals surface area contributed by atoms with Crippen LogP contribution in [-0.2, 0) is 11.5 Å². The van der Waals surface area contributed by atoms with E-state index in [-0.39, 0.29) is 5.82 Å². The number of rotatable bonds is 1. The van der Waals surface area contributed by atoms with Crippen molar-refractivity contribution in [3.63, 3.8) is 0 Å². The zero-order chi connectivity index (χ0) is 11.8. The number of halogens is 1. The van der Waals surface area contributed by atoms with E-state index < -0.39 is 0 Å². The van der Waals surface area contributed by atoms with Crippen molar-refractivity contribution in [1.29, 1.82) is 0 Å². The van der Waals surface area contributed by atoms with Gasteiger partial charge in [0.15, 0.2) is 0 Å². The predicted octanol–water partition coefficient (Wildman–Crippen LogP) is 3.69. The van der Waals surface area contributed by atoms with E-state index in [1.54, 1.807) is 6.07 Å². The van der Waals surface area contributed by atoms with Gasteiger partial charge in [-0.1, -0.05) is 24.4 Å². The summed E-state index contributed by atoms with van der Waals surface area (Å²) in [5.74, 6) is 2.22. The molecular formula is C12H9FN2S2. The van der Waals surface area contributed by atoms with E-state index in [0.717, 1.165) is 28.3 Å². The third-order valence-corrected chi connectivity index (χ3v) is 4.02. The fourth-order valence-corrected chi connectivity index (χ4v) is 3.29. The van der Waals surface area contributed by atoms with Crippen LogP contribution < -0.4 is 0 Å². The molecule has 0 atom stereocenters. The van der Waals surface area contributed by atoms with Crippen molar-refractivity contribution in [2.24, 2.45) is 0 Å². The van der Waals surface area contributed by atoms with Gasteiger partial charge >= 0.3 is 0 Å². The van der Waals surface area contributed by atoms with Gasteiger partial charge in [0.1, 0.15) is 16.3 Å². The topological polar surface area (TPSA) is 28.7 Å². The van der Waals surface area contributed by atoms with Gasteiger partial charge in [-0.15, -0.1) is 0 Å². The number of hydrogen-bond acceptors (Lipinski definition) is 3. The number of benzene rings is 1. The second-order valence-electron chi connectivity index (χ2n) is 3.85. The first kappa shape index (κ1) is 10.9. The van der Waals surface area contributed by atoms with Crippen LogP contribution in [0.15, 0.2) is 24.3 Å². The molecule has 0 radical (unpaired) electrons. The lowest BCUT2D eigenvalue weighted by atomic mass is 10.2. The summed E-state index contributed by atoms with van der Waals surface area (Å²) in [7, 11) is 0. The molecular weight excluding hydrogens is 255 g/mol. The molecule has 1 aliphatic rings. The van der Waals surface area contributed by atoms with Gasteiger partial charge in [-0.3, -0.25) is 0 Å². The number of thioether (sulfide) groups is 1. The van der Waals surface area contributed by atoms with Crippen molar-refractivity contribution in [2.45, 2.75) is 11.5 Å². The zero-order valence-electron chi connectivity index (χ0n) is 8.87. The number of H-pyrrole nitrogens is 1. The molecule has 0 spiro atoms. The van der Waals surface area contributed by atoms with Crippen molar-refractivity contribution in [2.75, 3.05) is 0 Å². The quantitative estimate of drug-likeness (QED) is 0.796. The average molecular weight is 264 g/mol. The minimum atomic E-state index is -0.265. The molecule has 0 unspecified atom stereocenters. The van der Waals surface area contributed by atoms with E-state index in [9.17, 15) is 4.39 Å². The van der Waals surface area contributed by atoms with Gasteiger partial charge in [-0.05, 0) is 12.1 Å². The Morgan fingerprint density at radius 3 is 3.06 bits per heavy atom. The Balaban J connectivity index is 2.16. The smallest absolute Gasteiger partial charge is 0.139 e. The van der Waals surface area contributed by atoms with Gasteiger partial charge in [0.25, 0.3) is 0 Å². The van der Waals surface area contributed by atoms with E-state index in [0.29, 0.717) is 10.5 Å². The Morgan fingerprint density at radius 1 is 1.35 bits per heavy atom. The van der Waals surface area contributed by atoms with Gasteiger partial charge in [0.2, 0.25) is 0 Å². The van der Waals surface area contributed by atoms with E-state index in [4.69, 9.17) is 12.2 Å². The normalized spacial score (nSPS) is 13.7. The van der Waals surface area contributed by atoms with Crippen LogP contribution in [0.3, 0.4) is 0 Å². The predicted molar refractivity (Wildman–Crippen MR) is 69.8 cm³/mol. The molecule has 1 aromatic heterocycles. The Labute approximate surface area is 107 Å². The Bertz CT molecular complexity index is 637. The molecule has 0 saturated heterocycles. The summed E-state index contributed by atoms with van der Waals surface area (Å²) < 4.78 is 13.8. The first-order valence-electron chi connectivity index (χ1n) is 5.20. The van der Waals surface area contributed by atoms with Crippen molar-refractivity contribution in [1.82, 2.24) is 9.97 Å². The maximum absolute atomic E-state index is 13.2. The number of aromatic nitrogens is 2. The fourth-order valence-electron chi connectivity index (χ4n) is 1.84. The standard InChI is InChI=1S/C12H9FN2S2/c13-8-3-1-2-7(4-8)11-14-10-6-17-5-9(10)12(16)15-11/h1-4H,5-6H2,(H,14,15,16). The second-order valence-corrected chi connectivity index (χ2v) is 5.22. The molecule has 2 aromatic rings. The summed E-state index contributed by atoms with van der Waals surface area (Å²) in [5.41, 5.74) is 2.97. The van der Waals surface area contributed by atoms with Crippen LogP contribution >= 0.6 is 24.0 Å². The van der Waals surface area contributed by atoms with Crippen LogP contribution in [0.25, 0.3) is 11.4 Å². The van der Waals surface area contributed by atoms with Gasteiger partial charge in [0.05, 0.1) is 0 Å². The highest BCUT2D eigenvalue weighted by atomic mass is 32.2. The maximum atomic E-state index is 13.2. The highest BCUT2D eigenvalue weighted by Gasteiger charge is 2.15. The SMILES string of the molecule is Fc1cccc(-c2nc(=S)c3c([nH]2)CSC3)c1. The molecule has 1 N–H and O–H groups in total. The lowest BCUT2D eigenvalue weighted by molar-refractivity contribution is 0.628. The highest BCUT2D eigenvalue weighted by Crippen LogP contribution is 2.30. The van der Waals surface area contributed by atoms with Crippen molar-refractivity contribution < 1.29 is 4.39 Å². The fraction of sp³-hybridized carbons (Fsp3) is 0.167. The maximum Gasteiger partial charge on any atom is 0.139 e. The van der Waals surface area contributed by atoms with Crippen LogP contribution in [0.5, 0.6) is 0 Å². The largest absolute Gasteiger partial charge is 0.342 e. The molecule has 0 aliphatic carbocycles. The van der Waals surface area contributed by atoms with E-state index >= 15 is 0 Å². The molecule has 2 nitrogen and oxygen atoms in total. The van der Waals surface area contributed by atoms with Gasteiger partial charge in [-0.25, -0.2) is 9.37 Å². The molecule has 0 fully saturated rings. The summed E-state index contributed by atoms with van der Waals surface area (Å²) >= 11 is 7.07. The Hall–Kier alpha value is -1.20. The highest BCUT2D eigenvalue weighted by molar-refractivity contribution is 7.98. The number of fused-ring (bicyclic) bond motifs is 1. The minimum absolute atomic E-state index is 0.265. The number of aromatic amines is 1. The van der Waals surface area contributed by atoms with Gasteiger partial charge < -0.3 is 4.98 Å². The molecule has 3 rings (SSSR count). The van der Waals surface area contributed by atoms with Crippen LogP contribution in [0.1, 0.15) is 11.3 Å². The van der Waals surface area contributed by atoms with Gasteiger partial charge in [0, 0.05) is 28.3 Å². The van der Waals surface area contributed by atoms with Crippen molar-refractivity contribution in [3.05, 3.63) is 46.0 Å². The summed E-state index contributed by atoms with van der Waals surface area (Å²) in [6, 6.07) is 6.37. The molecule has 0 bridgehead atoms. The molecule has 0 saturated carbocycles. The van der Waals surface area contributed by atoms with Crippen molar-refractivity contribution in [3.8, 4) is 11.4 Å². The molecule has 5 heteroatoms. The lowest BCUT2D eigenvalue weighted by Crippen LogP contribution is -1.97. The number of hydrogen-bond donors (Lipinski definition) is 1. The van der Waals surface area contributed by atoms with Crippen molar-refractivity contribution >= 4 is 24.0 Å². The van der Waals surface area contributed by atoms with Crippen LogP contribution in [-0.4, -0.2) is 9.97 Å². The summed E-state index contributed by atoms with van der Waals surface area (Å²) in [6.07, 6.45) is 0. The molecule has 17 heavy (non-hydrogen) atoms. The van der Waals surface area contributed by atoms with Crippen LogP contribution in [0, 0.1) is 10.5 Å². The monoisotopic (exact) mass is 264 g/mol. The average Bonchev–Trinajstić information content (AvgIpc) is 2.77. The lowest BCUT2D eigenvalue weighted by Gasteiger charge is -2.05. The number of nitrogens with zero attached hydrogens (tertiary/aromatic N) is 1. The molecule has 0 amide bonds. The van der Waals surface area contributed by atoms with Crippen LogP contribution in [0.2, 0.25) is 0 Å². The Kier molecular flexibility index (Phi) is 2.72. The van der Waals surface area contributed by atoms with E-state index in [1.165, 1.54) is 12.1 Å². The summed E-state index contributed by atoms with van der Waals surface area (Å²) in [4.78, 5) is 7.58. The third kappa shape index (κ3) is 2.00. The third-order valence-electron chi connectivity index (χ3n) is 2.70. The van der Waals surface area contributed by atoms with Gasteiger partial charge in [-0.2, -0.15) is 11.8 Å².